The second-order valence-corrected chi connectivity index (χ2v) is 5.04. The molecule has 2 rings (SSSR count). The van der Waals surface area contributed by atoms with Gasteiger partial charge in [-0.25, -0.2) is 0 Å². The van der Waals surface area contributed by atoms with Crippen LogP contribution in [0.5, 0.6) is 0 Å². The third kappa shape index (κ3) is 3.37. The molecule has 1 unspecified atom stereocenters. The lowest BCUT2D eigenvalue weighted by Crippen LogP contribution is -2.52. The van der Waals surface area contributed by atoms with Gasteiger partial charge in [0, 0.05) is 6.42 Å². The van der Waals surface area contributed by atoms with E-state index in [1.165, 1.54) is 0 Å². The number of piperidine rings is 1. The molecule has 1 aromatic heterocycles. The Balaban J connectivity index is 1.96. The van der Waals surface area contributed by atoms with E-state index < -0.39 is 17.9 Å². The van der Waals surface area contributed by atoms with Crippen LogP contribution < -0.4 is 10.6 Å². The van der Waals surface area contributed by atoms with E-state index in [1.54, 1.807) is 23.9 Å². The zero-order valence-corrected chi connectivity index (χ0v) is 11.2. The van der Waals surface area contributed by atoms with Gasteiger partial charge in [-0.3, -0.25) is 19.7 Å². The van der Waals surface area contributed by atoms with E-state index in [1.807, 2.05) is 6.26 Å². The van der Waals surface area contributed by atoms with Crippen molar-refractivity contribution in [1.82, 2.24) is 10.6 Å². The van der Waals surface area contributed by atoms with E-state index in [0.29, 0.717) is 17.9 Å². The van der Waals surface area contributed by atoms with Crippen molar-refractivity contribution in [3.63, 3.8) is 0 Å². The maximum absolute atomic E-state index is 11.9. The van der Waals surface area contributed by atoms with Gasteiger partial charge in [0.1, 0.15) is 11.8 Å². The van der Waals surface area contributed by atoms with Crippen molar-refractivity contribution in [3.8, 4) is 0 Å². The van der Waals surface area contributed by atoms with Gasteiger partial charge in [0.2, 0.25) is 11.8 Å². The average Bonchev–Trinajstić information content (AvgIpc) is 2.82. The topological polar surface area (TPSA) is 88.4 Å². The maximum Gasteiger partial charge on any atom is 0.287 e. The van der Waals surface area contributed by atoms with E-state index in [0.717, 1.165) is 0 Å². The predicted octanol–water partition coefficient (Wildman–Crippen LogP) is 0.678. The molecule has 0 spiro atoms. The van der Waals surface area contributed by atoms with Crippen molar-refractivity contribution in [2.75, 3.05) is 6.26 Å². The summed E-state index contributed by atoms with van der Waals surface area (Å²) in [6, 6.07) is 2.63. The number of amides is 3. The van der Waals surface area contributed by atoms with Crippen LogP contribution in [-0.2, 0) is 15.3 Å². The van der Waals surface area contributed by atoms with Gasteiger partial charge in [-0.15, -0.1) is 0 Å². The Hall–Kier alpha value is -1.76. The Labute approximate surface area is 114 Å². The van der Waals surface area contributed by atoms with Gasteiger partial charge in [0.25, 0.3) is 5.91 Å². The first kappa shape index (κ1) is 13.7. The van der Waals surface area contributed by atoms with E-state index >= 15 is 0 Å². The summed E-state index contributed by atoms with van der Waals surface area (Å²) in [5.74, 6) is 0.346. The van der Waals surface area contributed by atoms with Crippen LogP contribution in [0.3, 0.4) is 0 Å². The highest BCUT2D eigenvalue weighted by atomic mass is 32.2. The minimum absolute atomic E-state index is 0.175. The number of hydrogen-bond acceptors (Lipinski definition) is 5. The highest BCUT2D eigenvalue weighted by Crippen LogP contribution is 2.14. The lowest BCUT2D eigenvalue weighted by molar-refractivity contribution is -0.134. The Morgan fingerprint density at radius 1 is 1.53 bits per heavy atom. The van der Waals surface area contributed by atoms with Crippen LogP contribution in [0.15, 0.2) is 16.5 Å². The minimum atomic E-state index is -0.681. The normalized spacial score (nSPS) is 19.1. The quantitative estimate of drug-likeness (QED) is 0.793. The molecule has 1 aliphatic heterocycles. The van der Waals surface area contributed by atoms with E-state index in [2.05, 4.69) is 10.6 Å². The zero-order valence-electron chi connectivity index (χ0n) is 10.4. The molecule has 0 aromatic carbocycles. The smallest absolute Gasteiger partial charge is 0.287 e. The Kier molecular flexibility index (Phi) is 4.26. The molecule has 0 saturated carbocycles. The first-order valence-electron chi connectivity index (χ1n) is 5.82. The Morgan fingerprint density at radius 2 is 2.32 bits per heavy atom. The van der Waals surface area contributed by atoms with Gasteiger partial charge in [0.15, 0.2) is 5.76 Å². The van der Waals surface area contributed by atoms with Crippen LogP contribution in [0.4, 0.5) is 0 Å². The third-order valence-electron chi connectivity index (χ3n) is 2.72. The number of nitrogens with one attached hydrogen (secondary N) is 2. The maximum atomic E-state index is 11.9. The molecule has 1 aromatic rings. The summed E-state index contributed by atoms with van der Waals surface area (Å²) >= 11 is 1.59. The van der Waals surface area contributed by atoms with Gasteiger partial charge < -0.3 is 9.73 Å². The van der Waals surface area contributed by atoms with Crippen molar-refractivity contribution in [2.45, 2.75) is 24.6 Å². The second-order valence-electron chi connectivity index (χ2n) is 4.18. The van der Waals surface area contributed by atoms with Gasteiger partial charge in [0.05, 0.1) is 5.75 Å². The van der Waals surface area contributed by atoms with E-state index in [9.17, 15) is 14.4 Å². The fourth-order valence-corrected chi connectivity index (χ4v) is 2.22. The van der Waals surface area contributed by atoms with E-state index in [4.69, 9.17) is 4.42 Å². The molecule has 19 heavy (non-hydrogen) atoms. The molecular weight excluding hydrogens is 268 g/mol. The summed E-state index contributed by atoms with van der Waals surface area (Å²) in [7, 11) is 0. The summed E-state index contributed by atoms with van der Waals surface area (Å²) in [4.78, 5) is 34.4. The molecule has 102 valence electrons. The van der Waals surface area contributed by atoms with Crippen molar-refractivity contribution >= 4 is 29.5 Å². The van der Waals surface area contributed by atoms with Crippen LogP contribution in [0.25, 0.3) is 0 Å². The largest absolute Gasteiger partial charge is 0.455 e. The van der Waals surface area contributed by atoms with E-state index in [-0.39, 0.29) is 18.1 Å². The molecule has 1 atom stereocenters. The highest BCUT2D eigenvalue weighted by molar-refractivity contribution is 7.97. The fourth-order valence-electron chi connectivity index (χ4n) is 1.78. The Morgan fingerprint density at radius 3 is 3.00 bits per heavy atom. The number of rotatable bonds is 4. The number of imide groups is 1. The molecule has 0 bridgehead atoms. The standard InChI is InChI=1S/C12H14N2O4S/c1-19-6-7-2-4-9(18-7)12(17)13-8-3-5-10(15)14-11(8)16/h2,4,8H,3,5-6H2,1H3,(H,13,17)(H,14,15,16). The van der Waals surface area contributed by atoms with Crippen LogP contribution in [-0.4, -0.2) is 30.0 Å². The summed E-state index contributed by atoms with van der Waals surface area (Å²) in [5, 5.41) is 4.74. The van der Waals surface area contributed by atoms with Gasteiger partial charge >= 0.3 is 0 Å². The van der Waals surface area contributed by atoms with Crippen LogP contribution in [0.1, 0.15) is 29.2 Å². The second kappa shape index (κ2) is 5.92. The van der Waals surface area contributed by atoms with Crippen LogP contribution >= 0.6 is 11.8 Å². The first-order valence-corrected chi connectivity index (χ1v) is 7.21. The van der Waals surface area contributed by atoms with Crippen LogP contribution in [0.2, 0.25) is 0 Å². The summed E-state index contributed by atoms with van der Waals surface area (Å²) in [6.45, 7) is 0. The molecule has 3 amide bonds. The third-order valence-corrected chi connectivity index (χ3v) is 3.29. The predicted molar refractivity (Wildman–Crippen MR) is 69.6 cm³/mol. The molecule has 2 N–H and O–H groups in total. The lowest BCUT2D eigenvalue weighted by atomic mass is 10.1. The summed E-state index contributed by atoms with van der Waals surface area (Å²) in [5.41, 5.74) is 0. The summed E-state index contributed by atoms with van der Waals surface area (Å²) in [6.07, 6.45) is 2.48. The molecular formula is C12H14N2O4S. The van der Waals surface area contributed by atoms with Gasteiger partial charge in [-0.2, -0.15) is 11.8 Å². The number of carbonyl (C=O) groups is 3. The monoisotopic (exact) mass is 282 g/mol. The fraction of sp³-hybridized carbons (Fsp3) is 0.417. The van der Waals surface area contributed by atoms with Gasteiger partial charge in [-0.1, -0.05) is 0 Å². The molecule has 1 saturated heterocycles. The molecule has 1 fully saturated rings. The summed E-state index contributed by atoms with van der Waals surface area (Å²) < 4.78 is 5.35. The highest BCUT2D eigenvalue weighted by Gasteiger charge is 2.28. The molecule has 2 heterocycles. The average molecular weight is 282 g/mol. The SMILES string of the molecule is CSCc1ccc(C(=O)NC2CCC(=O)NC2=O)o1. The minimum Gasteiger partial charge on any atom is -0.455 e. The van der Waals surface area contributed by atoms with Crippen molar-refractivity contribution in [2.24, 2.45) is 0 Å². The van der Waals surface area contributed by atoms with Crippen molar-refractivity contribution < 1.29 is 18.8 Å². The van der Waals surface area contributed by atoms with Crippen molar-refractivity contribution in [3.05, 3.63) is 23.7 Å². The first-order chi connectivity index (χ1) is 9.10. The number of thioether (sulfide) groups is 1. The number of hydrogen-bond donors (Lipinski definition) is 2. The molecule has 0 aliphatic carbocycles. The zero-order chi connectivity index (χ0) is 13.8. The molecule has 0 radical (unpaired) electrons. The number of carbonyl (C=O) groups excluding carboxylic acids is 3. The van der Waals surface area contributed by atoms with Crippen LogP contribution in [0, 0.1) is 0 Å². The van der Waals surface area contributed by atoms with Gasteiger partial charge in [-0.05, 0) is 24.8 Å². The number of furan rings is 1. The molecule has 6 nitrogen and oxygen atoms in total. The van der Waals surface area contributed by atoms with Crippen molar-refractivity contribution in [1.29, 1.82) is 0 Å². The Bertz CT molecular complexity index is 512. The molecule has 7 heteroatoms. The molecule has 1 aliphatic rings. The lowest BCUT2D eigenvalue weighted by Gasteiger charge is -2.21.